The zero-order valence-electron chi connectivity index (χ0n) is 16.0. The van der Waals surface area contributed by atoms with E-state index in [0.717, 1.165) is 11.3 Å². The Morgan fingerprint density at radius 2 is 1.81 bits per heavy atom. The van der Waals surface area contributed by atoms with Crippen molar-refractivity contribution in [2.75, 3.05) is 27.3 Å². The average Bonchev–Trinajstić information content (AvgIpc) is 2.90. The predicted octanol–water partition coefficient (Wildman–Crippen LogP) is 3.13. The summed E-state index contributed by atoms with van der Waals surface area (Å²) in [5.41, 5.74) is 3.30. The number of aryl methyl sites for hydroxylation is 1. The number of esters is 1. The Balaban J connectivity index is 2.06. The zero-order valence-corrected chi connectivity index (χ0v) is 16.0. The molecule has 6 nitrogen and oxygen atoms in total. The Labute approximate surface area is 154 Å². The molecule has 0 aliphatic heterocycles. The second kappa shape index (κ2) is 8.67. The molecule has 0 saturated carbocycles. The van der Waals surface area contributed by atoms with Crippen LogP contribution in [0.25, 0.3) is 0 Å². The molecule has 2 rings (SSSR count). The number of aromatic nitrogens is 1. The minimum atomic E-state index is -0.399. The van der Waals surface area contributed by atoms with Gasteiger partial charge in [0.25, 0.3) is 0 Å². The molecule has 0 radical (unpaired) electrons. The topological polar surface area (TPSA) is 71.6 Å². The van der Waals surface area contributed by atoms with E-state index in [9.17, 15) is 9.59 Å². The van der Waals surface area contributed by atoms with Crippen LogP contribution < -0.4 is 4.74 Å². The number of benzene rings is 1. The maximum absolute atomic E-state index is 12.7. The highest BCUT2D eigenvalue weighted by Crippen LogP contribution is 2.20. The number of nitrogens with zero attached hydrogens (tertiary/aromatic N) is 1. The first-order valence-electron chi connectivity index (χ1n) is 8.58. The summed E-state index contributed by atoms with van der Waals surface area (Å²) in [5.74, 6) is 0.345. The van der Waals surface area contributed by atoms with Gasteiger partial charge in [0, 0.05) is 12.2 Å². The molecule has 0 unspecified atom stereocenters. The Morgan fingerprint density at radius 1 is 1.15 bits per heavy atom. The van der Waals surface area contributed by atoms with Crippen LogP contribution in [0.1, 0.15) is 44.6 Å². The van der Waals surface area contributed by atoms with Crippen LogP contribution in [0.15, 0.2) is 24.3 Å². The number of hydrogen-bond donors (Lipinski definition) is 1. The Hall–Kier alpha value is -2.60. The normalized spacial score (nSPS) is 10.8. The van der Waals surface area contributed by atoms with Crippen LogP contribution in [0.3, 0.4) is 0 Å². The fraction of sp³-hybridized carbons (Fsp3) is 0.400. The van der Waals surface area contributed by atoms with E-state index in [0.29, 0.717) is 35.7 Å². The number of ether oxygens (including phenoxy) is 2. The van der Waals surface area contributed by atoms with Crippen molar-refractivity contribution in [3.63, 3.8) is 0 Å². The lowest BCUT2D eigenvalue weighted by Gasteiger charge is -2.16. The number of carbonyl (C=O) groups excluding carboxylic acids is 2. The van der Waals surface area contributed by atoms with Gasteiger partial charge in [-0.3, -0.25) is 9.69 Å². The number of likely N-dealkylation sites (N-methyl/N-ethyl adjacent to an activating group) is 1. The average molecular weight is 358 g/mol. The van der Waals surface area contributed by atoms with Crippen molar-refractivity contribution in [3.05, 3.63) is 52.3 Å². The summed E-state index contributed by atoms with van der Waals surface area (Å²) in [6.07, 6.45) is 0. The van der Waals surface area contributed by atoms with Gasteiger partial charge in [0.2, 0.25) is 0 Å². The quantitative estimate of drug-likeness (QED) is 0.580. The third kappa shape index (κ3) is 4.52. The summed E-state index contributed by atoms with van der Waals surface area (Å²) < 4.78 is 10.2. The lowest BCUT2D eigenvalue weighted by atomic mass is 10.1. The number of aromatic amines is 1. The molecule has 0 aliphatic carbocycles. The zero-order chi connectivity index (χ0) is 19.3. The molecule has 6 heteroatoms. The number of ketones is 1. The molecule has 2 aromatic rings. The third-order valence-corrected chi connectivity index (χ3v) is 4.22. The van der Waals surface area contributed by atoms with Crippen molar-refractivity contribution in [2.45, 2.75) is 27.3 Å². The number of nitrogens with one attached hydrogen (secondary N) is 1. The number of Topliss-reactive ketones (excluding diaryl/α,β-unsaturated/α-hetero) is 1. The highest BCUT2D eigenvalue weighted by molar-refractivity contribution is 6.02. The van der Waals surface area contributed by atoms with Gasteiger partial charge in [-0.1, -0.05) is 12.1 Å². The molecule has 0 amide bonds. The lowest BCUT2D eigenvalue weighted by Crippen LogP contribution is -2.26. The monoisotopic (exact) mass is 358 g/mol. The van der Waals surface area contributed by atoms with Crippen molar-refractivity contribution < 1.29 is 19.1 Å². The van der Waals surface area contributed by atoms with Crippen molar-refractivity contribution >= 4 is 11.8 Å². The van der Waals surface area contributed by atoms with Crippen LogP contribution in [-0.2, 0) is 11.3 Å². The number of carbonyl (C=O) groups is 2. The molecule has 0 aliphatic rings. The van der Waals surface area contributed by atoms with Gasteiger partial charge in [-0.15, -0.1) is 0 Å². The first-order valence-corrected chi connectivity index (χ1v) is 8.58. The summed E-state index contributed by atoms with van der Waals surface area (Å²) in [5, 5.41) is 0. The second-order valence-electron chi connectivity index (χ2n) is 6.29. The molecule has 0 spiro atoms. The Bertz CT molecular complexity index is 778. The summed E-state index contributed by atoms with van der Waals surface area (Å²) in [4.78, 5) is 29.7. The van der Waals surface area contributed by atoms with Crippen LogP contribution in [0.2, 0.25) is 0 Å². The smallest absolute Gasteiger partial charge is 0.340 e. The fourth-order valence-electron chi connectivity index (χ4n) is 2.96. The van der Waals surface area contributed by atoms with Gasteiger partial charge in [0.15, 0.2) is 5.78 Å². The highest BCUT2D eigenvalue weighted by atomic mass is 16.5. The fourth-order valence-corrected chi connectivity index (χ4v) is 2.96. The van der Waals surface area contributed by atoms with E-state index in [1.54, 1.807) is 27.9 Å². The molecule has 1 aromatic carbocycles. The third-order valence-electron chi connectivity index (χ3n) is 4.22. The predicted molar refractivity (Wildman–Crippen MR) is 99.9 cm³/mol. The first kappa shape index (κ1) is 19.7. The van der Waals surface area contributed by atoms with E-state index in [1.165, 1.54) is 0 Å². The van der Waals surface area contributed by atoms with Crippen LogP contribution in [-0.4, -0.2) is 48.9 Å². The van der Waals surface area contributed by atoms with Gasteiger partial charge in [0.1, 0.15) is 5.75 Å². The van der Waals surface area contributed by atoms with E-state index < -0.39 is 5.97 Å². The lowest BCUT2D eigenvalue weighted by molar-refractivity contribution is 0.0525. The minimum absolute atomic E-state index is 0.0582. The number of rotatable bonds is 8. The molecule has 1 N–H and O–H groups in total. The molecule has 0 fully saturated rings. The molecule has 0 saturated heterocycles. The maximum atomic E-state index is 12.7. The van der Waals surface area contributed by atoms with Crippen molar-refractivity contribution in [3.8, 4) is 5.75 Å². The van der Waals surface area contributed by atoms with E-state index >= 15 is 0 Å². The van der Waals surface area contributed by atoms with Gasteiger partial charge in [-0.2, -0.15) is 0 Å². The van der Waals surface area contributed by atoms with Gasteiger partial charge in [-0.05, 0) is 51.1 Å². The van der Waals surface area contributed by atoms with Crippen LogP contribution >= 0.6 is 0 Å². The summed E-state index contributed by atoms with van der Waals surface area (Å²) in [7, 11) is 3.52. The SMILES string of the molecule is CCOC(=O)c1c(C)[nH]c(C(=O)CN(C)Cc2ccc(OC)cc2)c1C. The van der Waals surface area contributed by atoms with E-state index in [4.69, 9.17) is 9.47 Å². The molecule has 140 valence electrons. The molecule has 26 heavy (non-hydrogen) atoms. The van der Waals surface area contributed by atoms with Crippen molar-refractivity contribution in [1.29, 1.82) is 0 Å². The number of methoxy groups -OCH3 is 1. The van der Waals surface area contributed by atoms with Crippen molar-refractivity contribution in [2.24, 2.45) is 0 Å². The highest BCUT2D eigenvalue weighted by Gasteiger charge is 2.23. The molecule has 0 bridgehead atoms. The van der Waals surface area contributed by atoms with Crippen LogP contribution in [0, 0.1) is 13.8 Å². The van der Waals surface area contributed by atoms with Crippen LogP contribution in [0.4, 0.5) is 0 Å². The van der Waals surface area contributed by atoms with Gasteiger partial charge >= 0.3 is 5.97 Å². The summed E-state index contributed by atoms with van der Waals surface area (Å²) in [6.45, 7) is 6.49. The van der Waals surface area contributed by atoms with E-state index in [2.05, 4.69) is 4.98 Å². The second-order valence-corrected chi connectivity index (χ2v) is 6.29. The summed E-state index contributed by atoms with van der Waals surface area (Å²) >= 11 is 0. The molecule has 1 heterocycles. The maximum Gasteiger partial charge on any atom is 0.340 e. The van der Waals surface area contributed by atoms with Crippen molar-refractivity contribution in [1.82, 2.24) is 9.88 Å². The van der Waals surface area contributed by atoms with Gasteiger partial charge in [-0.25, -0.2) is 4.79 Å². The summed E-state index contributed by atoms with van der Waals surface area (Å²) in [6, 6.07) is 7.75. The largest absolute Gasteiger partial charge is 0.497 e. The Kier molecular flexibility index (Phi) is 6.58. The number of hydrogen-bond acceptors (Lipinski definition) is 5. The molecular weight excluding hydrogens is 332 g/mol. The first-order chi connectivity index (χ1) is 12.4. The minimum Gasteiger partial charge on any atom is -0.497 e. The molecule has 1 aromatic heterocycles. The van der Waals surface area contributed by atoms with Gasteiger partial charge in [0.05, 0.1) is 31.5 Å². The van der Waals surface area contributed by atoms with Crippen LogP contribution in [0.5, 0.6) is 5.75 Å². The molecule has 0 atom stereocenters. The number of H-pyrrole nitrogens is 1. The van der Waals surface area contributed by atoms with E-state index in [1.807, 2.05) is 36.2 Å². The van der Waals surface area contributed by atoms with Gasteiger partial charge < -0.3 is 14.5 Å². The molecular formula is C20H26N2O4. The Morgan fingerprint density at radius 3 is 2.38 bits per heavy atom. The standard InChI is InChI=1S/C20H26N2O4/c1-6-26-20(24)18-13(2)19(21-14(18)3)17(23)12-22(4)11-15-7-9-16(25-5)10-8-15/h7-10,21H,6,11-12H2,1-5H3. The van der Waals surface area contributed by atoms with E-state index in [-0.39, 0.29) is 12.3 Å².